The molecule has 1 aliphatic rings. The number of hydrogen-bond donors (Lipinski definition) is 1. The van der Waals surface area contributed by atoms with Gasteiger partial charge in [-0.05, 0) is 57.6 Å². The van der Waals surface area contributed by atoms with E-state index >= 15 is 0 Å². The lowest BCUT2D eigenvalue weighted by Crippen LogP contribution is -2.36. The van der Waals surface area contributed by atoms with Gasteiger partial charge in [0.1, 0.15) is 5.69 Å². The summed E-state index contributed by atoms with van der Waals surface area (Å²) in [5, 5.41) is 3.20. The fraction of sp³-hybridized carbons (Fsp3) is 0.421. The van der Waals surface area contributed by atoms with Crippen LogP contribution in [0.5, 0.6) is 0 Å². The van der Waals surface area contributed by atoms with E-state index in [1.807, 2.05) is 37.2 Å². The number of benzene rings is 1. The summed E-state index contributed by atoms with van der Waals surface area (Å²) >= 11 is 0. The average molecular weight is 339 g/mol. The Morgan fingerprint density at radius 1 is 1.28 bits per heavy atom. The molecule has 1 amide bonds. The van der Waals surface area contributed by atoms with Gasteiger partial charge in [0.05, 0.1) is 0 Å². The Balaban J connectivity index is 1.70. The van der Waals surface area contributed by atoms with Gasteiger partial charge in [0, 0.05) is 25.0 Å². The number of para-hydroxylation sites is 1. The van der Waals surface area contributed by atoms with Crippen molar-refractivity contribution in [3.8, 4) is 0 Å². The Bertz CT molecular complexity index is 731. The Hall–Kier alpha value is -2.47. The summed E-state index contributed by atoms with van der Waals surface area (Å²) in [7, 11) is 4.10. The molecule has 0 fully saturated rings. The summed E-state index contributed by atoms with van der Waals surface area (Å²) in [5.41, 5.74) is 2.65. The number of nitrogens with one attached hydrogen (secondary N) is 1. The number of rotatable bonds is 6. The Morgan fingerprint density at radius 3 is 2.96 bits per heavy atom. The lowest BCUT2D eigenvalue weighted by Gasteiger charge is -2.29. The number of aromatic nitrogens is 2. The molecule has 1 aromatic carbocycles. The zero-order chi connectivity index (χ0) is 17.6. The lowest BCUT2D eigenvalue weighted by molar-refractivity contribution is 0.0980. The maximum atomic E-state index is 12.9. The molecule has 3 rings (SSSR count). The van der Waals surface area contributed by atoms with Crippen molar-refractivity contribution >= 4 is 17.5 Å². The van der Waals surface area contributed by atoms with Gasteiger partial charge in [0.15, 0.2) is 0 Å². The topological polar surface area (TPSA) is 61.4 Å². The van der Waals surface area contributed by atoms with Crippen molar-refractivity contribution in [3.05, 3.63) is 47.8 Å². The minimum Gasteiger partial charge on any atom is -0.354 e. The molecule has 0 spiro atoms. The quantitative estimate of drug-likeness (QED) is 0.819. The van der Waals surface area contributed by atoms with E-state index in [4.69, 9.17) is 0 Å². The van der Waals surface area contributed by atoms with Crippen LogP contribution >= 0.6 is 0 Å². The number of carbonyl (C=O) groups excluding carboxylic acids is 1. The van der Waals surface area contributed by atoms with Gasteiger partial charge in [-0.1, -0.05) is 18.2 Å². The number of fused-ring (bicyclic) bond motifs is 1. The van der Waals surface area contributed by atoms with Crippen molar-refractivity contribution in [2.75, 3.05) is 43.9 Å². The van der Waals surface area contributed by atoms with Crippen molar-refractivity contribution in [2.45, 2.75) is 19.3 Å². The number of hydrogen-bond acceptors (Lipinski definition) is 5. The first kappa shape index (κ1) is 17.4. The van der Waals surface area contributed by atoms with E-state index in [1.54, 1.807) is 12.3 Å². The molecule has 132 valence electrons. The first-order valence-corrected chi connectivity index (χ1v) is 8.76. The first-order chi connectivity index (χ1) is 12.1. The zero-order valence-corrected chi connectivity index (χ0v) is 14.9. The SMILES string of the molecule is CN(C)CCCNc1nccc(C(=O)N2CCCc3ccccc32)n1. The minimum absolute atomic E-state index is 0.0640. The smallest absolute Gasteiger partial charge is 0.277 e. The third-order valence-electron chi connectivity index (χ3n) is 4.30. The molecule has 0 saturated heterocycles. The van der Waals surface area contributed by atoms with Gasteiger partial charge >= 0.3 is 0 Å². The Labute approximate surface area is 148 Å². The van der Waals surface area contributed by atoms with Gasteiger partial charge in [0.25, 0.3) is 5.91 Å². The fourth-order valence-electron chi connectivity index (χ4n) is 3.04. The van der Waals surface area contributed by atoms with Crippen LogP contribution in [0.1, 0.15) is 28.9 Å². The molecule has 6 nitrogen and oxygen atoms in total. The van der Waals surface area contributed by atoms with E-state index < -0.39 is 0 Å². The standard InChI is InChI=1S/C19H25N5O/c1-23(2)13-6-11-20-19-21-12-10-16(22-19)18(25)24-14-5-8-15-7-3-4-9-17(15)24/h3-4,7,9-10,12H,5-6,8,11,13-14H2,1-2H3,(H,20,21,22). The van der Waals surface area contributed by atoms with E-state index in [0.717, 1.165) is 44.6 Å². The maximum Gasteiger partial charge on any atom is 0.277 e. The van der Waals surface area contributed by atoms with Gasteiger partial charge < -0.3 is 15.1 Å². The fourth-order valence-corrected chi connectivity index (χ4v) is 3.04. The predicted octanol–water partition coefficient (Wildman–Crippen LogP) is 2.43. The molecular weight excluding hydrogens is 314 g/mol. The average Bonchev–Trinajstić information content (AvgIpc) is 2.64. The Morgan fingerprint density at radius 2 is 2.12 bits per heavy atom. The van der Waals surface area contributed by atoms with Crippen molar-refractivity contribution in [1.29, 1.82) is 0 Å². The molecule has 1 aromatic heterocycles. The van der Waals surface area contributed by atoms with Crippen molar-refractivity contribution in [1.82, 2.24) is 14.9 Å². The molecule has 0 radical (unpaired) electrons. The molecule has 1 aliphatic heterocycles. The molecule has 6 heteroatoms. The van der Waals surface area contributed by atoms with Crippen LogP contribution in [-0.4, -0.2) is 54.5 Å². The van der Waals surface area contributed by atoms with E-state index in [2.05, 4.69) is 26.3 Å². The van der Waals surface area contributed by atoms with Crippen LogP contribution in [0.4, 0.5) is 11.6 Å². The van der Waals surface area contributed by atoms with Gasteiger partial charge in [-0.25, -0.2) is 9.97 Å². The third-order valence-corrected chi connectivity index (χ3v) is 4.30. The van der Waals surface area contributed by atoms with Crippen LogP contribution in [0.2, 0.25) is 0 Å². The van der Waals surface area contributed by atoms with E-state index in [9.17, 15) is 4.79 Å². The molecule has 0 bridgehead atoms. The number of anilines is 2. The van der Waals surface area contributed by atoms with Crippen LogP contribution < -0.4 is 10.2 Å². The molecule has 2 aromatic rings. The van der Waals surface area contributed by atoms with Gasteiger partial charge in [-0.2, -0.15) is 0 Å². The minimum atomic E-state index is -0.0640. The second-order valence-electron chi connectivity index (χ2n) is 6.54. The highest BCUT2D eigenvalue weighted by Crippen LogP contribution is 2.27. The largest absolute Gasteiger partial charge is 0.354 e. The predicted molar refractivity (Wildman–Crippen MR) is 100 cm³/mol. The van der Waals surface area contributed by atoms with E-state index in [1.165, 1.54) is 5.56 Å². The van der Waals surface area contributed by atoms with Gasteiger partial charge in [0.2, 0.25) is 5.95 Å². The molecule has 0 unspecified atom stereocenters. The summed E-state index contributed by atoms with van der Waals surface area (Å²) in [5.74, 6) is 0.445. The summed E-state index contributed by atoms with van der Waals surface area (Å²) < 4.78 is 0. The van der Waals surface area contributed by atoms with E-state index in [-0.39, 0.29) is 5.91 Å². The number of carbonyl (C=O) groups is 1. The number of amides is 1. The molecular formula is C19H25N5O. The highest BCUT2D eigenvalue weighted by Gasteiger charge is 2.24. The van der Waals surface area contributed by atoms with E-state index in [0.29, 0.717) is 11.6 Å². The normalized spacial score (nSPS) is 13.6. The third kappa shape index (κ3) is 4.33. The van der Waals surface area contributed by atoms with Crippen molar-refractivity contribution in [2.24, 2.45) is 0 Å². The lowest BCUT2D eigenvalue weighted by atomic mass is 10.0. The first-order valence-electron chi connectivity index (χ1n) is 8.76. The summed E-state index contributed by atoms with van der Waals surface area (Å²) in [4.78, 5) is 25.5. The molecule has 0 aliphatic carbocycles. The Kier molecular flexibility index (Phi) is 5.60. The second kappa shape index (κ2) is 8.07. The molecule has 0 atom stereocenters. The number of nitrogens with zero attached hydrogens (tertiary/aromatic N) is 4. The summed E-state index contributed by atoms with van der Waals surface area (Å²) in [6, 6.07) is 9.78. The van der Waals surface area contributed by atoms with Crippen LogP contribution in [0.15, 0.2) is 36.5 Å². The van der Waals surface area contributed by atoms with Crippen LogP contribution in [0.25, 0.3) is 0 Å². The maximum absolute atomic E-state index is 12.9. The van der Waals surface area contributed by atoms with Crippen molar-refractivity contribution < 1.29 is 4.79 Å². The highest BCUT2D eigenvalue weighted by molar-refractivity contribution is 6.05. The summed E-state index contributed by atoms with van der Waals surface area (Å²) in [6.45, 7) is 2.50. The summed E-state index contributed by atoms with van der Waals surface area (Å²) in [6.07, 6.45) is 4.63. The van der Waals surface area contributed by atoms with Crippen LogP contribution in [0.3, 0.4) is 0 Å². The zero-order valence-electron chi connectivity index (χ0n) is 14.9. The van der Waals surface area contributed by atoms with Crippen LogP contribution in [-0.2, 0) is 6.42 Å². The molecule has 1 N–H and O–H groups in total. The molecule has 25 heavy (non-hydrogen) atoms. The van der Waals surface area contributed by atoms with Gasteiger partial charge in [-0.15, -0.1) is 0 Å². The number of aryl methyl sites for hydroxylation is 1. The second-order valence-corrected chi connectivity index (χ2v) is 6.54. The molecule has 2 heterocycles. The van der Waals surface area contributed by atoms with Gasteiger partial charge in [-0.3, -0.25) is 4.79 Å². The molecule has 0 saturated carbocycles. The van der Waals surface area contributed by atoms with Crippen molar-refractivity contribution in [3.63, 3.8) is 0 Å². The highest BCUT2D eigenvalue weighted by atomic mass is 16.2. The van der Waals surface area contributed by atoms with Crippen LogP contribution in [0, 0.1) is 0 Å². The monoisotopic (exact) mass is 339 g/mol.